The molecule has 1 aromatic rings. The number of aromatic nitrogens is 2. The Balaban J connectivity index is 3.05. The summed E-state index contributed by atoms with van der Waals surface area (Å²) in [7, 11) is 1.38. The summed E-state index contributed by atoms with van der Waals surface area (Å²) in [6.07, 6.45) is 0. The summed E-state index contributed by atoms with van der Waals surface area (Å²) in [5.41, 5.74) is -1.29. The molecular formula is C13H20ClN3O2. The Bertz CT molecular complexity index is 467. The molecule has 0 aromatic carbocycles. The third kappa shape index (κ3) is 3.35. The summed E-state index contributed by atoms with van der Waals surface area (Å²) in [6, 6.07) is 1.63. The second-order valence-electron chi connectivity index (χ2n) is 5.49. The van der Waals surface area contributed by atoms with Crippen molar-refractivity contribution in [2.24, 2.45) is 5.41 Å². The maximum atomic E-state index is 11.9. The molecule has 0 aliphatic heterocycles. The molecule has 0 fully saturated rings. The predicted octanol–water partition coefficient (Wildman–Crippen LogP) is 2.83. The first-order valence-electron chi connectivity index (χ1n) is 5.98. The van der Waals surface area contributed by atoms with Crippen LogP contribution in [0.5, 0.6) is 0 Å². The highest BCUT2D eigenvalue weighted by Gasteiger charge is 2.44. The number of halogens is 1. The smallest absolute Gasteiger partial charge is 0.313 e. The summed E-state index contributed by atoms with van der Waals surface area (Å²) in [6.45, 7) is 9.23. The largest absolute Gasteiger partial charge is 0.469 e. The Morgan fingerprint density at radius 2 is 1.89 bits per heavy atom. The number of aryl methyl sites for hydroxylation is 1. The molecule has 0 atom stereocenters. The lowest BCUT2D eigenvalue weighted by molar-refractivity contribution is -0.153. The van der Waals surface area contributed by atoms with Crippen LogP contribution in [0.2, 0.25) is 5.15 Å². The highest BCUT2D eigenvalue weighted by molar-refractivity contribution is 6.29. The van der Waals surface area contributed by atoms with Gasteiger partial charge in [-0.2, -0.15) is 0 Å². The molecule has 1 N–H and O–H groups in total. The molecule has 1 heterocycles. The summed E-state index contributed by atoms with van der Waals surface area (Å²) in [5.74, 6) is 0.864. The van der Waals surface area contributed by atoms with Gasteiger partial charge in [0.15, 0.2) is 0 Å². The molecule has 0 amide bonds. The van der Waals surface area contributed by atoms with Crippen molar-refractivity contribution in [1.29, 1.82) is 0 Å². The van der Waals surface area contributed by atoms with Crippen LogP contribution in [0.15, 0.2) is 6.07 Å². The molecule has 0 spiro atoms. The van der Waals surface area contributed by atoms with Crippen molar-refractivity contribution in [3.8, 4) is 0 Å². The first-order valence-corrected chi connectivity index (χ1v) is 6.36. The lowest BCUT2D eigenvalue weighted by Gasteiger charge is -2.40. The van der Waals surface area contributed by atoms with E-state index in [1.807, 2.05) is 27.7 Å². The van der Waals surface area contributed by atoms with E-state index in [0.29, 0.717) is 16.8 Å². The molecule has 0 unspecified atom stereocenters. The van der Waals surface area contributed by atoms with Crippen LogP contribution in [0.25, 0.3) is 0 Å². The molecule has 0 radical (unpaired) electrons. The summed E-state index contributed by atoms with van der Waals surface area (Å²) in [4.78, 5) is 20.1. The third-order valence-corrected chi connectivity index (χ3v) is 3.70. The number of rotatable bonds is 4. The van der Waals surface area contributed by atoms with Crippen molar-refractivity contribution < 1.29 is 9.53 Å². The van der Waals surface area contributed by atoms with E-state index in [0.717, 1.165) is 0 Å². The molecule has 0 bridgehead atoms. The van der Waals surface area contributed by atoms with Crippen LogP contribution in [0.4, 0.5) is 5.82 Å². The monoisotopic (exact) mass is 285 g/mol. The van der Waals surface area contributed by atoms with Crippen molar-refractivity contribution in [1.82, 2.24) is 9.97 Å². The molecule has 1 aromatic heterocycles. The topological polar surface area (TPSA) is 64.1 Å². The van der Waals surface area contributed by atoms with Gasteiger partial charge in [-0.05, 0) is 34.6 Å². The van der Waals surface area contributed by atoms with E-state index in [1.165, 1.54) is 7.11 Å². The minimum Gasteiger partial charge on any atom is -0.469 e. The number of esters is 1. The van der Waals surface area contributed by atoms with Gasteiger partial charge in [-0.3, -0.25) is 4.79 Å². The van der Waals surface area contributed by atoms with Gasteiger partial charge in [-0.25, -0.2) is 9.97 Å². The Morgan fingerprint density at radius 3 is 2.37 bits per heavy atom. The SMILES string of the molecule is COC(=O)C(C)(C)C(C)(C)Nc1cc(Cl)nc(C)n1. The summed E-state index contributed by atoms with van der Waals surface area (Å²) < 4.78 is 4.85. The Kier molecular flexibility index (Phi) is 4.40. The summed E-state index contributed by atoms with van der Waals surface area (Å²) in [5, 5.41) is 3.58. The van der Waals surface area contributed by atoms with Crippen LogP contribution in [-0.2, 0) is 9.53 Å². The normalized spacial score (nSPS) is 12.2. The fraction of sp³-hybridized carbons (Fsp3) is 0.615. The van der Waals surface area contributed by atoms with Gasteiger partial charge in [-0.15, -0.1) is 0 Å². The molecular weight excluding hydrogens is 266 g/mol. The van der Waals surface area contributed by atoms with Gasteiger partial charge in [0.05, 0.1) is 12.5 Å². The number of nitrogens with one attached hydrogen (secondary N) is 1. The number of carbonyl (C=O) groups is 1. The van der Waals surface area contributed by atoms with Crippen LogP contribution < -0.4 is 5.32 Å². The second kappa shape index (κ2) is 5.33. The molecule has 6 heteroatoms. The van der Waals surface area contributed by atoms with Crippen molar-refractivity contribution in [2.75, 3.05) is 12.4 Å². The predicted molar refractivity (Wildman–Crippen MR) is 75.3 cm³/mol. The number of methoxy groups -OCH3 is 1. The third-order valence-electron chi connectivity index (χ3n) is 3.51. The molecule has 0 saturated heterocycles. The van der Waals surface area contributed by atoms with Crippen molar-refractivity contribution in [2.45, 2.75) is 40.2 Å². The van der Waals surface area contributed by atoms with Gasteiger partial charge in [-0.1, -0.05) is 11.6 Å². The fourth-order valence-electron chi connectivity index (χ4n) is 1.58. The van der Waals surface area contributed by atoms with Crippen LogP contribution in [0.1, 0.15) is 33.5 Å². The van der Waals surface area contributed by atoms with E-state index in [9.17, 15) is 4.79 Å². The van der Waals surface area contributed by atoms with Crippen molar-refractivity contribution >= 4 is 23.4 Å². The average molecular weight is 286 g/mol. The molecule has 0 aliphatic rings. The highest BCUT2D eigenvalue weighted by atomic mass is 35.5. The number of nitrogens with zero attached hydrogens (tertiary/aromatic N) is 2. The lowest BCUT2D eigenvalue weighted by Crippen LogP contribution is -2.51. The Hall–Kier alpha value is -1.36. The zero-order valence-corrected chi connectivity index (χ0v) is 12.9. The highest BCUT2D eigenvalue weighted by Crippen LogP contribution is 2.34. The van der Waals surface area contributed by atoms with E-state index < -0.39 is 11.0 Å². The average Bonchev–Trinajstić information content (AvgIpc) is 2.25. The minimum atomic E-state index is -0.729. The van der Waals surface area contributed by atoms with Gasteiger partial charge in [0.25, 0.3) is 0 Å². The van der Waals surface area contributed by atoms with Gasteiger partial charge >= 0.3 is 5.97 Å². The fourth-order valence-corrected chi connectivity index (χ4v) is 1.81. The van der Waals surface area contributed by atoms with E-state index in [-0.39, 0.29) is 5.97 Å². The van der Waals surface area contributed by atoms with Crippen LogP contribution in [0.3, 0.4) is 0 Å². The number of carbonyl (C=O) groups excluding carboxylic acids is 1. The number of anilines is 1. The van der Waals surface area contributed by atoms with Crippen molar-refractivity contribution in [3.05, 3.63) is 17.0 Å². The standard InChI is InChI=1S/C13H20ClN3O2/c1-8-15-9(14)7-10(16-8)17-13(4,5)12(2,3)11(18)19-6/h7H,1-6H3,(H,15,16,17). The summed E-state index contributed by atoms with van der Waals surface area (Å²) >= 11 is 5.90. The molecule has 19 heavy (non-hydrogen) atoms. The van der Waals surface area contributed by atoms with E-state index in [2.05, 4.69) is 15.3 Å². The van der Waals surface area contributed by atoms with Crippen molar-refractivity contribution in [3.63, 3.8) is 0 Å². The number of hydrogen-bond donors (Lipinski definition) is 1. The first-order chi connectivity index (χ1) is 8.60. The quantitative estimate of drug-likeness (QED) is 0.681. The first kappa shape index (κ1) is 15.7. The van der Waals surface area contributed by atoms with Gasteiger partial charge in [0.1, 0.15) is 16.8 Å². The molecule has 1 rings (SSSR count). The van der Waals surface area contributed by atoms with E-state index >= 15 is 0 Å². The molecule has 0 aliphatic carbocycles. The van der Waals surface area contributed by atoms with Crippen LogP contribution in [-0.4, -0.2) is 28.6 Å². The zero-order valence-electron chi connectivity index (χ0n) is 12.2. The van der Waals surface area contributed by atoms with Gasteiger partial charge < -0.3 is 10.1 Å². The van der Waals surface area contributed by atoms with E-state index in [1.54, 1.807) is 13.0 Å². The lowest BCUT2D eigenvalue weighted by atomic mass is 9.74. The Morgan fingerprint density at radius 1 is 1.32 bits per heavy atom. The Labute approximate surface area is 118 Å². The maximum absolute atomic E-state index is 11.9. The van der Waals surface area contributed by atoms with E-state index in [4.69, 9.17) is 16.3 Å². The van der Waals surface area contributed by atoms with Crippen LogP contribution in [0, 0.1) is 12.3 Å². The maximum Gasteiger partial charge on any atom is 0.313 e. The van der Waals surface area contributed by atoms with Crippen LogP contribution >= 0.6 is 11.6 Å². The second-order valence-corrected chi connectivity index (χ2v) is 5.88. The molecule has 0 saturated carbocycles. The number of hydrogen-bond acceptors (Lipinski definition) is 5. The van der Waals surface area contributed by atoms with Gasteiger partial charge in [0, 0.05) is 11.6 Å². The van der Waals surface area contributed by atoms with Gasteiger partial charge in [0.2, 0.25) is 0 Å². The number of ether oxygens (including phenoxy) is 1. The molecule has 5 nitrogen and oxygen atoms in total. The zero-order chi connectivity index (χ0) is 14.8. The molecule has 106 valence electrons. The minimum absolute atomic E-state index is 0.290.